The van der Waals surface area contributed by atoms with Crippen LogP contribution in [-0.2, 0) is 0 Å². The summed E-state index contributed by atoms with van der Waals surface area (Å²) < 4.78 is 0. The average molecular weight is 99.2 g/mol. The maximum Gasteiger partial charge on any atom is -0.00436 e. The highest BCUT2D eigenvalue weighted by Gasteiger charge is 2.40. The van der Waals surface area contributed by atoms with Gasteiger partial charge in [-0.2, -0.15) is 0 Å². The Bertz CT molecular complexity index is 62.6. The van der Waals surface area contributed by atoms with E-state index < -0.39 is 0 Å². The quantitative estimate of drug-likeness (QED) is 0.518. The molecule has 7 heavy (non-hydrogen) atoms. The van der Waals surface area contributed by atoms with Gasteiger partial charge in [0.2, 0.25) is 0 Å². The summed E-state index contributed by atoms with van der Waals surface area (Å²) in [6.07, 6.45) is 0. The van der Waals surface area contributed by atoms with Crippen LogP contribution in [0.4, 0.5) is 0 Å². The van der Waals surface area contributed by atoms with Gasteiger partial charge in [-0.05, 0) is 24.3 Å². The van der Waals surface area contributed by atoms with Crippen LogP contribution in [-0.4, -0.2) is 6.54 Å². The number of rotatable bonds is 1. The van der Waals surface area contributed by atoms with Gasteiger partial charge < -0.3 is 5.73 Å². The molecular formula is C6H13N. The summed E-state index contributed by atoms with van der Waals surface area (Å²) in [5.41, 5.74) is 5.41. The van der Waals surface area contributed by atoms with Crippen molar-refractivity contribution in [2.24, 2.45) is 23.5 Å². The molecule has 0 saturated heterocycles. The molecule has 0 amide bonds. The number of hydrogen-bond acceptors (Lipinski definition) is 1. The third kappa shape index (κ3) is 0.653. The van der Waals surface area contributed by atoms with Crippen molar-refractivity contribution in [2.45, 2.75) is 13.8 Å². The van der Waals surface area contributed by atoms with E-state index in [1.54, 1.807) is 0 Å². The molecule has 0 heterocycles. The van der Waals surface area contributed by atoms with E-state index in [2.05, 4.69) is 13.8 Å². The van der Waals surface area contributed by atoms with Gasteiger partial charge in [-0.15, -0.1) is 0 Å². The molecule has 1 nitrogen and oxygen atoms in total. The molecule has 0 aliphatic heterocycles. The SMILES string of the molecule is CC1C(C)C1CN. The Morgan fingerprint density at radius 1 is 1.29 bits per heavy atom. The van der Waals surface area contributed by atoms with Gasteiger partial charge in [0.15, 0.2) is 0 Å². The Balaban J connectivity index is 2.24. The van der Waals surface area contributed by atoms with Gasteiger partial charge in [0.05, 0.1) is 0 Å². The lowest BCUT2D eigenvalue weighted by Crippen LogP contribution is -2.02. The third-order valence-electron chi connectivity index (χ3n) is 2.31. The molecule has 1 aliphatic rings. The monoisotopic (exact) mass is 99.1 g/mol. The first kappa shape index (κ1) is 5.10. The van der Waals surface area contributed by atoms with Crippen molar-refractivity contribution in [3.8, 4) is 0 Å². The Labute approximate surface area is 44.9 Å². The summed E-state index contributed by atoms with van der Waals surface area (Å²) in [5.74, 6) is 2.66. The van der Waals surface area contributed by atoms with Gasteiger partial charge in [0, 0.05) is 0 Å². The van der Waals surface area contributed by atoms with E-state index in [-0.39, 0.29) is 0 Å². The lowest BCUT2D eigenvalue weighted by molar-refractivity contribution is 0.747. The van der Waals surface area contributed by atoms with Crippen LogP contribution >= 0.6 is 0 Å². The highest BCUT2D eigenvalue weighted by Crippen LogP contribution is 2.44. The van der Waals surface area contributed by atoms with Gasteiger partial charge in [-0.1, -0.05) is 13.8 Å². The van der Waals surface area contributed by atoms with Crippen LogP contribution in [0.3, 0.4) is 0 Å². The highest BCUT2D eigenvalue weighted by molar-refractivity contribution is 4.90. The largest absolute Gasteiger partial charge is 0.330 e. The van der Waals surface area contributed by atoms with Crippen molar-refractivity contribution in [2.75, 3.05) is 6.54 Å². The van der Waals surface area contributed by atoms with E-state index in [0.717, 1.165) is 24.3 Å². The molecule has 2 atom stereocenters. The van der Waals surface area contributed by atoms with Gasteiger partial charge in [0.1, 0.15) is 0 Å². The van der Waals surface area contributed by atoms with Crippen molar-refractivity contribution >= 4 is 0 Å². The predicted molar refractivity (Wildman–Crippen MR) is 30.9 cm³/mol. The van der Waals surface area contributed by atoms with Gasteiger partial charge >= 0.3 is 0 Å². The summed E-state index contributed by atoms with van der Waals surface area (Å²) >= 11 is 0. The first-order valence-corrected chi connectivity index (χ1v) is 2.97. The Kier molecular flexibility index (Phi) is 1.08. The molecule has 0 spiro atoms. The minimum atomic E-state index is 0.847. The van der Waals surface area contributed by atoms with Crippen LogP contribution in [0, 0.1) is 17.8 Å². The highest BCUT2D eigenvalue weighted by atomic mass is 14.6. The molecule has 0 radical (unpaired) electrons. The first-order valence-electron chi connectivity index (χ1n) is 2.97. The van der Waals surface area contributed by atoms with Crippen molar-refractivity contribution in [3.05, 3.63) is 0 Å². The molecule has 1 aliphatic carbocycles. The van der Waals surface area contributed by atoms with Crippen LogP contribution in [0.2, 0.25) is 0 Å². The summed E-state index contributed by atoms with van der Waals surface area (Å²) in [6, 6.07) is 0. The van der Waals surface area contributed by atoms with E-state index in [1.165, 1.54) is 0 Å². The van der Waals surface area contributed by atoms with E-state index in [4.69, 9.17) is 5.73 Å². The van der Waals surface area contributed by atoms with E-state index >= 15 is 0 Å². The predicted octanol–water partition coefficient (Wildman–Crippen LogP) is 0.847. The Morgan fingerprint density at radius 3 is 1.71 bits per heavy atom. The molecular weight excluding hydrogens is 86.1 g/mol. The minimum Gasteiger partial charge on any atom is -0.330 e. The summed E-state index contributed by atoms with van der Waals surface area (Å²) in [6.45, 7) is 5.42. The third-order valence-corrected chi connectivity index (χ3v) is 2.31. The van der Waals surface area contributed by atoms with Crippen LogP contribution in [0.1, 0.15) is 13.8 Å². The summed E-state index contributed by atoms with van der Waals surface area (Å²) in [7, 11) is 0. The maximum atomic E-state index is 5.41. The molecule has 0 aromatic rings. The summed E-state index contributed by atoms with van der Waals surface area (Å²) in [5, 5.41) is 0. The molecule has 1 fully saturated rings. The second kappa shape index (κ2) is 1.48. The summed E-state index contributed by atoms with van der Waals surface area (Å²) in [4.78, 5) is 0. The van der Waals surface area contributed by atoms with Crippen LogP contribution in [0.15, 0.2) is 0 Å². The Morgan fingerprint density at radius 2 is 1.71 bits per heavy atom. The fraction of sp³-hybridized carbons (Fsp3) is 1.00. The first-order chi connectivity index (χ1) is 3.27. The second-order valence-corrected chi connectivity index (χ2v) is 2.62. The Hall–Kier alpha value is -0.0400. The smallest absolute Gasteiger partial charge is 0.00436 e. The van der Waals surface area contributed by atoms with Crippen molar-refractivity contribution in [1.29, 1.82) is 0 Å². The van der Waals surface area contributed by atoms with Crippen molar-refractivity contribution < 1.29 is 0 Å². The molecule has 1 saturated carbocycles. The zero-order valence-corrected chi connectivity index (χ0v) is 5.02. The zero-order chi connectivity index (χ0) is 5.44. The average Bonchev–Trinajstić information content (AvgIpc) is 2.17. The zero-order valence-electron chi connectivity index (χ0n) is 5.02. The molecule has 1 heteroatoms. The van der Waals surface area contributed by atoms with Crippen LogP contribution in [0.5, 0.6) is 0 Å². The lowest BCUT2D eigenvalue weighted by atomic mass is 10.3. The van der Waals surface area contributed by atoms with Crippen LogP contribution < -0.4 is 5.73 Å². The maximum absolute atomic E-state index is 5.41. The van der Waals surface area contributed by atoms with Crippen LogP contribution in [0.25, 0.3) is 0 Å². The van der Waals surface area contributed by atoms with E-state index in [1.807, 2.05) is 0 Å². The second-order valence-electron chi connectivity index (χ2n) is 2.62. The molecule has 0 bridgehead atoms. The molecule has 0 aromatic heterocycles. The molecule has 42 valence electrons. The van der Waals surface area contributed by atoms with Crippen molar-refractivity contribution in [1.82, 2.24) is 0 Å². The number of hydrogen-bond donors (Lipinski definition) is 1. The van der Waals surface area contributed by atoms with E-state index in [9.17, 15) is 0 Å². The van der Waals surface area contributed by atoms with Gasteiger partial charge in [-0.25, -0.2) is 0 Å². The topological polar surface area (TPSA) is 26.0 Å². The molecule has 2 N–H and O–H groups in total. The normalized spacial score (nSPS) is 49.3. The van der Waals surface area contributed by atoms with Crippen molar-refractivity contribution in [3.63, 3.8) is 0 Å². The number of nitrogens with two attached hydrogens (primary N) is 1. The fourth-order valence-corrected chi connectivity index (χ4v) is 1.19. The van der Waals surface area contributed by atoms with Gasteiger partial charge in [0.25, 0.3) is 0 Å². The van der Waals surface area contributed by atoms with E-state index in [0.29, 0.717) is 0 Å². The standard InChI is InChI=1S/C6H13N/c1-4-5(2)6(4)3-7/h4-6H,3,7H2,1-2H3. The molecule has 0 aromatic carbocycles. The fourth-order valence-electron chi connectivity index (χ4n) is 1.19. The molecule has 1 rings (SSSR count). The van der Waals surface area contributed by atoms with Gasteiger partial charge in [-0.3, -0.25) is 0 Å². The molecule has 2 unspecified atom stereocenters. The minimum absolute atomic E-state index is 0.847. The lowest BCUT2D eigenvalue weighted by Gasteiger charge is -1.81.